The summed E-state index contributed by atoms with van der Waals surface area (Å²) in [5.41, 5.74) is 1.94. The summed E-state index contributed by atoms with van der Waals surface area (Å²) in [5, 5.41) is 3.21. The lowest BCUT2D eigenvalue weighted by Crippen LogP contribution is -2.05. The fraction of sp³-hybridized carbons (Fsp3) is 0.286. The largest absolute Gasteiger partial charge is 0.379 e. The van der Waals surface area contributed by atoms with Crippen molar-refractivity contribution >= 4 is 26.9 Å². The molecule has 0 unspecified atom stereocenters. The van der Waals surface area contributed by atoms with Crippen LogP contribution in [0.1, 0.15) is 15.3 Å². The Kier molecular flexibility index (Phi) is 3.96. The summed E-state index contributed by atoms with van der Waals surface area (Å²) in [6.07, 6.45) is 1.23. The average Bonchev–Trinajstić information content (AvgIpc) is 2.65. The molecule has 1 aromatic heterocycles. The zero-order valence-corrected chi connectivity index (χ0v) is 12.9. The van der Waals surface area contributed by atoms with Crippen LogP contribution in [0.4, 0.5) is 5.69 Å². The van der Waals surface area contributed by atoms with Crippen molar-refractivity contribution in [2.75, 3.05) is 11.6 Å². The lowest BCUT2D eigenvalue weighted by atomic mass is 10.3. The van der Waals surface area contributed by atoms with E-state index in [0.717, 1.165) is 0 Å². The number of nitrogens with one attached hydrogen (secondary N) is 1. The third-order valence-electron chi connectivity index (χ3n) is 2.96. The van der Waals surface area contributed by atoms with E-state index in [1.165, 1.54) is 21.6 Å². The molecule has 1 aromatic carbocycles. The number of hydrogen-bond acceptors (Lipinski definition) is 4. The minimum Gasteiger partial charge on any atom is -0.379 e. The van der Waals surface area contributed by atoms with Crippen LogP contribution in [0, 0.1) is 13.8 Å². The molecule has 5 heteroatoms. The van der Waals surface area contributed by atoms with Crippen molar-refractivity contribution in [3.63, 3.8) is 0 Å². The summed E-state index contributed by atoms with van der Waals surface area (Å²) in [4.78, 5) is 2.85. The summed E-state index contributed by atoms with van der Waals surface area (Å²) in [7, 11) is -3.20. The van der Waals surface area contributed by atoms with Gasteiger partial charge in [0, 0.05) is 22.6 Å². The Labute approximate surface area is 118 Å². The molecule has 1 heterocycles. The molecule has 0 saturated heterocycles. The molecule has 2 aromatic rings. The van der Waals surface area contributed by atoms with E-state index in [9.17, 15) is 8.42 Å². The predicted octanol–water partition coefficient (Wildman–Crippen LogP) is 3.38. The Balaban J connectivity index is 2.21. The fourth-order valence-electron chi connectivity index (χ4n) is 1.86. The minimum absolute atomic E-state index is 0.347. The van der Waals surface area contributed by atoms with E-state index in [4.69, 9.17) is 0 Å². The minimum atomic E-state index is -3.20. The molecule has 0 aliphatic heterocycles. The molecule has 0 atom stereocenters. The van der Waals surface area contributed by atoms with Gasteiger partial charge in [-0.1, -0.05) is 12.1 Å². The van der Waals surface area contributed by atoms with Gasteiger partial charge in [0.2, 0.25) is 0 Å². The topological polar surface area (TPSA) is 46.2 Å². The molecule has 0 radical (unpaired) electrons. The van der Waals surface area contributed by atoms with Crippen molar-refractivity contribution in [2.24, 2.45) is 0 Å². The van der Waals surface area contributed by atoms with Crippen LogP contribution in [0.5, 0.6) is 0 Å². The fourth-order valence-corrected chi connectivity index (χ4v) is 3.71. The number of para-hydroxylation sites is 1. The van der Waals surface area contributed by atoms with Gasteiger partial charge in [-0.15, -0.1) is 11.3 Å². The van der Waals surface area contributed by atoms with Gasteiger partial charge in [-0.3, -0.25) is 0 Å². The Morgan fingerprint density at radius 3 is 2.47 bits per heavy atom. The summed E-state index contributed by atoms with van der Waals surface area (Å²) < 4.78 is 23.4. The second-order valence-corrected chi connectivity index (χ2v) is 7.90. The summed E-state index contributed by atoms with van der Waals surface area (Å²) >= 11 is 1.74. The highest BCUT2D eigenvalue weighted by atomic mass is 32.2. The Hall–Kier alpha value is -1.33. The highest BCUT2D eigenvalue weighted by Gasteiger charge is 2.12. The maximum absolute atomic E-state index is 11.7. The first kappa shape index (κ1) is 14.1. The molecule has 0 aliphatic carbocycles. The predicted molar refractivity (Wildman–Crippen MR) is 80.7 cm³/mol. The first-order valence-electron chi connectivity index (χ1n) is 5.97. The first-order valence-corrected chi connectivity index (χ1v) is 8.67. The van der Waals surface area contributed by atoms with Gasteiger partial charge in [-0.2, -0.15) is 0 Å². The molecule has 19 heavy (non-hydrogen) atoms. The van der Waals surface area contributed by atoms with Crippen molar-refractivity contribution in [1.82, 2.24) is 0 Å². The van der Waals surface area contributed by atoms with Gasteiger partial charge < -0.3 is 5.32 Å². The van der Waals surface area contributed by atoms with Crippen LogP contribution in [-0.2, 0) is 16.4 Å². The lowest BCUT2D eigenvalue weighted by Gasteiger charge is -2.09. The van der Waals surface area contributed by atoms with Crippen LogP contribution in [0.3, 0.4) is 0 Å². The van der Waals surface area contributed by atoms with Crippen LogP contribution in [0.2, 0.25) is 0 Å². The van der Waals surface area contributed by atoms with E-state index < -0.39 is 9.84 Å². The van der Waals surface area contributed by atoms with Crippen LogP contribution >= 0.6 is 11.3 Å². The second-order valence-electron chi connectivity index (χ2n) is 4.57. The molecule has 0 saturated carbocycles. The molecule has 0 bridgehead atoms. The van der Waals surface area contributed by atoms with Crippen molar-refractivity contribution in [2.45, 2.75) is 25.3 Å². The molecule has 0 spiro atoms. The summed E-state index contributed by atoms with van der Waals surface area (Å²) in [5.74, 6) is 0. The van der Waals surface area contributed by atoms with Gasteiger partial charge in [0.15, 0.2) is 9.84 Å². The maximum Gasteiger partial charge on any atom is 0.177 e. The molecule has 0 fully saturated rings. The monoisotopic (exact) mass is 295 g/mol. The number of aryl methyl sites for hydroxylation is 2. The normalized spacial score (nSPS) is 11.5. The quantitative estimate of drug-likeness (QED) is 0.940. The van der Waals surface area contributed by atoms with Crippen molar-refractivity contribution < 1.29 is 8.42 Å². The summed E-state index contributed by atoms with van der Waals surface area (Å²) in [6.45, 7) is 4.82. The lowest BCUT2D eigenvalue weighted by molar-refractivity contribution is 0.602. The van der Waals surface area contributed by atoms with Gasteiger partial charge in [0.05, 0.1) is 10.6 Å². The SMILES string of the molecule is Cc1cc(CNc2ccccc2S(C)(=O)=O)sc1C. The van der Waals surface area contributed by atoms with Crippen LogP contribution in [0.25, 0.3) is 0 Å². The summed E-state index contributed by atoms with van der Waals surface area (Å²) in [6, 6.07) is 9.13. The van der Waals surface area contributed by atoms with Crippen molar-refractivity contribution in [3.05, 3.63) is 45.6 Å². The van der Waals surface area contributed by atoms with Gasteiger partial charge in [0.1, 0.15) is 0 Å². The highest BCUT2D eigenvalue weighted by Crippen LogP contribution is 2.24. The Morgan fingerprint density at radius 1 is 1.21 bits per heavy atom. The van der Waals surface area contributed by atoms with Gasteiger partial charge in [-0.25, -0.2) is 8.42 Å². The average molecular weight is 295 g/mol. The van der Waals surface area contributed by atoms with E-state index in [1.807, 2.05) is 6.07 Å². The van der Waals surface area contributed by atoms with E-state index in [-0.39, 0.29) is 0 Å². The zero-order valence-electron chi connectivity index (χ0n) is 11.2. The van der Waals surface area contributed by atoms with Crippen LogP contribution < -0.4 is 5.32 Å². The van der Waals surface area contributed by atoms with Crippen molar-refractivity contribution in [1.29, 1.82) is 0 Å². The zero-order chi connectivity index (χ0) is 14.0. The highest BCUT2D eigenvalue weighted by molar-refractivity contribution is 7.90. The van der Waals surface area contributed by atoms with Gasteiger partial charge >= 0.3 is 0 Å². The number of thiophene rings is 1. The number of benzene rings is 1. The standard InChI is InChI=1S/C14H17NO2S2/c1-10-8-12(18-11(10)2)9-15-13-6-4-5-7-14(13)19(3,16)17/h4-8,15H,9H2,1-3H3. The van der Waals surface area contributed by atoms with Gasteiger partial charge in [0.25, 0.3) is 0 Å². The smallest absolute Gasteiger partial charge is 0.177 e. The van der Waals surface area contributed by atoms with Crippen molar-refractivity contribution in [3.8, 4) is 0 Å². The van der Waals surface area contributed by atoms with Crippen LogP contribution in [0.15, 0.2) is 35.2 Å². The molecular formula is C14H17NO2S2. The Morgan fingerprint density at radius 2 is 1.89 bits per heavy atom. The second kappa shape index (κ2) is 5.35. The first-order chi connectivity index (χ1) is 8.88. The molecule has 0 amide bonds. The molecule has 102 valence electrons. The number of rotatable bonds is 4. The number of sulfone groups is 1. The Bertz CT molecular complexity index is 668. The number of hydrogen-bond donors (Lipinski definition) is 1. The van der Waals surface area contributed by atoms with E-state index in [2.05, 4.69) is 25.2 Å². The molecule has 1 N–H and O–H groups in total. The third-order valence-corrected chi connectivity index (χ3v) is 5.26. The van der Waals surface area contributed by atoms with E-state index in [1.54, 1.807) is 29.5 Å². The van der Waals surface area contributed by atoms with E-state index in [0.29, 0.717) is 17.1 Å². The molecular weight excluding hydrogens is 278 g/mol. The van der Waals surface area contributed by atoms with E-state index >= 15 is 0 Å². The number of anilines is 1. The molecule has 3 nitrogen and oxygen atoms in total. The maximum atomic E-state index is 11.7. The van der Waals surface area contributed by atoms with Gasteiger partial charge in [-0.05, 0) is 37.6 Å². The van der Waals surface area contributed by atoms with Crippen LogP contribution in [-0.4, -0.2) is 14.7 Å². The molecule has 2 rings (SSSR count). The third kappa shape index (κ3) is 3.36. The molecule has 0 aliphatic rings.